The first kappa shape index (κ1) is 18.5. The molecule has 1 unspecified atom stereocenters. The maximum Gasteiger partial charge on any atom is 0.253 e. The lowest BCUT2D eigenvalue weighted by Gasteiger charge is -2.20. The van der Waals surface area contributed by atoms with Crippen LogP contribution in [-0.2, 0) is 7.05 Å². The van der Waals surface area contributed by atoms with Crippen molar-refractivity contribution in [3.63, 3.8) is 0 Å². The zero-order valence-corrected chi connectivity index (χ0v) is 16.6. The third-order valence-electron chi connectivity index (χ3n) is 4.01. The number of carbonyl (C=O) groups excluding carboxylic acids is 1. The monoisotopic (exact) mass is 433 g/mol. The van der Waals surface area contributed by atoms with Crippen molar-refractivity contribution in [1.82, 2.24) is 14.9 Å². The number of ether oxygens (including phenoxy) is 1. The summed E-state index contributed by atoms with van der Waals surface area (Å²) in [6.07, 6.45) is 3.54. The molecule has 0 aliphatic carbocycles. The van der Waals surface area contributed by atoms with Gasteiger partial charge in [-0.25, -0.2) is 4.98 Å². The van der Waals surface area contributed by atoms with Crippen LogP contribution >= 0.6 is 27.5 Å². The van der Waals surface area contributed by atoms with Crippen LogP contribution in [0.5, 0.6) is 5.75 Å². The number of carbonyl (C=O) groups is 1. The van der Waals surface area contributed by atoms with Gasteiger partial charge in [0.05, 0.1) is 12.7 Å². The predicted molar refractivity (Wildman–Crippen MR) is 105 cm³/mol. The lowest BCUT2D eigenvalue weighted by Crippen LogP contribution is -2.31. The SMILES string of the molecule is COc1ccc(Br)c(C(=O)NC(c2ccc(Cl)cc2)c2nccn2C)c1. The molecule has 0 fully saturated rings. The number of hydrogen-bond donors (Lipinski definition) is 1. The van der Waals surface area contributed by atoms with Crippen LogP contribution in [0.4, 0.5) is 0 Å². The molecule has 1 atom stereocenters. The van der Waals surface area contributed by atoms with E-state index in [4.69, 9.17) is 16.3 Å². The standard InChI is InChI=1S/C19H17BrClN3O2/c1-24-10-9-22-18(24)17(12-3-5-13(21)6-4-12)23-19(25)15-11-14(26-2)7-8-16(15)20/h3-11,17H,1-2H3,(H,23,25). The molecule has 5 nitrogen and oxygen atoms in total. The number of nitrogens with zero attached hydrogens (tertiary/aromatic N) is 2. The number of imidazole rings is 1. The molecule has 0 saturated heterocycles. The second-order valence-electron chi connectivity index (χ2n) is 5.70. The second kappa shape index (κ2) is 7.93. The molecule has 2 aromatic carbocycles. The topological polar surface area (TPSA) is 56.1 Å². The average molecular weight is 435 g/mol. The molecular weight excluding hydrogens is 418 g/mol. The fraction of sp³-hybridized carbons (Fsp3) is 0.158. The van der Waals surface area contributed by atoms with Crippen LogP contribution < -0.4 is 10.1 Å². The van der Waals surface area contributed by atoms with E-state index in [9.17, 15) is 4.79 Å². The molecule has 1 amide bonds. The van der Waals surface area contributed by atoms with Gasteiger partial charge in [0.15, 0.2) is 0 Å². The molecular formula is C19H17BrClN3O2. The normalized spacial score (nSPS) is 11.8. The third kappa shape index (κ3) is 3.92. The number of halogens is 2. The lowest BCUT2D eigenvalue weighted by atomic mass is 10.1. The maximum absolute atomic E-state index is 12.9. The van der Waals surface area contributed by atoms with Crippen molar-refractivity contribution < 1.29 is 9.53 Å². The first-order valence-corrected chi connectivity index (χ1v) is 9.04. The molecule has 0 aliphatic heterocycles. The van der Waals surface area contributed by atoms with E-state index in [1.165, 1.54) is 0 Å². The minimum absolute atomic E-state index is 0.237. The summed E-state index contributed by atoms with van der Waals surface area (Å²) in [5.74, 6) is 1.09. The van der Waals surface area contributed by atoms with E-state index < -0.39 is 6.04 Å². The van der Waals surface area contributed by atoms with Crippen molar-refractivity contribution in [3.05, 3.63) is 81.3 Å². The van der Waals surface area contributed by atoms with Gasteiger partial charge in [0.2, 0.25) is 0 Å². The van der Waals surface area contributed by atoms with Gasteiger partial charge < -0.3 is 14.6 Å². The van der Waals surface area contributed by atoms with Crippen molar-refractivity contribution in [2.24, 2.45) is 7.05 Å². The average Bonchev–Trinajstić information content (AvgIpc) is 3.06. The fourth-order valence-corrected chi connectivity index (χ4v) is 3.17. The Morgan fingerprint density at radius 2 is 2.00 bits per heavy atom. The predicted octanol–water partition coefficient (Wildman–Crippen LogP) is 4.36. The van der Waals surface area contributed by atoms with Crippen LogP contribution in [0.3, 0.4) is 0 Å². The number of aromatic nitrogens is 2. The number of methoxy groups -OCH3 is 1. The quantitative estimate of drug-likeness (QED) is 0.649. The Kier molecular flexibility index (Phi) is 5.64. The van der Waals surface area contributed by atoms with E-state index in [0.29, 0.717) is 20.8 Å². The van der Waals surface area contributed by atoms with E-state index in [1.807, 2.05) is 29.9 Å². The summed E-state index contributed by atoms with van der Waals surface area (Å²) in [4.78, 5) is 17.3. The summed E-state index contributed by atoms with van der Waals surface area (Å²) in [5.41, 5.74) is 1.37. The molecule has 0 radical (unpaired) electrons. The van der Waals surface area contributed by atoms with Crippen LogP contribution in [0.25, 0.3) is 0 Å². The highest BCUT2D eigenvalue weighted by atomic mass is 79.9. The minimum Gasteiger partial charge on any atom is -0.497 e. The number of nitrogens with one attached hydrogen (secondary N) is 1. The molecule has 1 N–H and O–H groups in total. The number of benzene rings is 2. The Hall–Kier alpha value is -2.31. The Balaban J connectivity index is 1.97. The second-order valence-corrected chi connectivity index (χ2v) is 6.99. The van der Waals surface area contributed by atoms with Gasteiger partial charge in [-0.15, -0.1) is 0 Å². The molecule has 1 heterocycles. The highest BCUT2D eigenvalue weighted by Crippen LogP contribution is 2.26. The highest BCUT2D eigenvalue weighted by Gasteiger charge is 2.22. The van der Waals surface area contributed by atoms with Crippen molar-refractivity contribution in [2.75, 3.05) is 7.11 Å². The highest BCUT2D eigenvalue weighted by molar-refractivity contribution is 9.10. The Labute approximate surface area is 165 Å². The van der Waals surface area contributed by atoms with E-state index in [0.717, 1.165) is 11.4 Å². The van der Waals surface area contributed by atoms with Crippen LogP contribution in [0.15, 0.2) is 59.3 Å². The van der Waals surface area contributed by atoms with Crippen molar-refractivity contribution in [1.29, 1.82) is 0 Å². The molecule has 1 aromatic heterocycles. The van der Waals surface area contributed by atoms with Gasteiger partial charge in [-0.1, -0.05) is 23.7 Å². The van der Waals surface area contributed by atoms with Crippen LogP contribution in [0.1, 0.15) is 27.8 Å². The minimum atomic E-state index is -0.419. The van der Waals surface area contributed by atoms with E-state index in [-0.39, 0.29) is 5.91 Å². The molecule has 3 aromatic rings. The summed E-state index contributed by atoms with van der Waals surface area (Å²) in [5, 5.41) is 3.69. The van der Waals surface area contributed by atoms with Crippen LogP contribution in [0, 0.1) is 0 Å². The molecule has 0 saturated carbocycles. The Morgan fingerprint density at radius 3 is 2.62 bits per heavy atom. The molecule has 0 spiro atoms. The zero-order chi connectivity index (χ0) is 18.7. The number of hydrogen-bond acceptors (Lipinski definition) is 3. The van der Waals surface area contributed by atoms with Crippen molar-refractivity contribution in [3.8, 4) is 5.75 Å². The summed E-state index contributed by atoms with van der Waals surface area (Å²) in [6.45, 7) is 0. The van der Waals surface area contributed by atoms with Gasteiger partial charge in [-0.2, -0.15) is 0 Å². The van der Waals surface area contributed by atoms with E-state index in [2.05, 4.69) is 26.2 Å². The Bertz CT molecular complexity index is 925. The van der Waals surface area contributed by atoms with Crippen LogP contribution in [0.2, 0.25) is 5.02 Å². The first-order valence-electron chi connectivity index (χ1n) is 7.86. The van der Waals surface area contributed by atoms with Crippen molar-refractivity contribution >= 4 is 33.4 Å². The lowest BCUT2D eigenvalue weighted by molar-refractivity contribution is 0.0940. The molecule has 7 heteroatoms. The van der Waals surface area contributed by atoms with E-state index in [1.54, 1.807) is 43.6 Å². The number of amides is 1. The van der Waals surface area contributed by atoms with Gasteiger partial charge in [0, 0.05) is 28.9 Å². The summed E-state index contributed by atoms with van der Waals surface area (Å²) < 4.78 is 7.78. The number of rotatable bonds is 5. The summed E-state index contributed by atoms with van der Waals surface area (Å²) in [7, 11) is 3.45. The zero-order valence-electron chi connectivity index (χ0n) is 14.2. The van der Waals surface area contributed by atoms with Gasteiger partial charge in [0.25, 0.3) is 5.91 Å². The summed E-state index contributed by atoms with van der Waals surface area (Å²) >= 11 is 9.42. The molecule has 0 aliphatic rings. The van der Waals surface area contributed by atoms with Crippen molar-refractivity contribution in [2.45, 2.75) is 6.04 Å². The molecule has 134 valence electrons. The fourth-order valence-electron chi connectivity index (χ4n) is 2.62. The maximum atomic E-state index is 12.9. The molecule has 3 rings (SSSR count). The molecule has 0 bridgehead atoms. The first-order chi connectivity index (χ1) is 12.5. The van der Waals surface area contributed by atoms with Gasteiger partial charge in [-0.05, 0) is 51.8 Å². The largest absolute Gasteiger partial charge is 0.497 e. The Morgan fingerprint density at radius 1 is 1.27 bits per heavy atom. The molecule has 26 heavy (non-hydrogen) atoms. The smallest absolute Gasteiger partial charge is 0.253 e. The van der Waals surface area contributed by atoms with Gasteiger partial charge >= 0.3 is 0 Å². The van der Waals surface area contributed by atoms with Crippen LogP contribution in [-0.4, -0.2) is 22.6 Å². The van der Waals surface area contributed by atoms with Gasteiger partial charge in [0.1, 0.15) is 17.6 Å². The number of aryl methyl sites for hydroxylation is 1. The third-order valence-corrected chi connectivity index (χ3v) is 4.96. The summed E-state index contributed by atoms with van der Waals surface area (Å²) in [6, 6.07) is 12.2. The van der Waals surface area contributed by atoms with E-state index >= 15 is 0 Å². The van der Waals surface area contributed by atoms with Gasteiger partial charge in [-0.3, -0.25) is 4.79 Å².